The summed E-state index contributed by atoms with van der Waals surface area (Å²) in [7, 11) is -3.85. The number of carboxylic acid groups (broad SMARTS) is 1. The number of nitrogens with zero attached hydrogens (tertiary/aromatic N) is 2. The van der Waals surface area contributed by atoms with E-state index in [1.54, 1.807) is 0 Å². The Morgan fingerprint density at radius 2 is 1.63 bits per heavy atom. The van der Waals surface area contributed by atoms with Gasteiger partial charge in [-0.05, 0) is 53.8 Å². The molecule has 0 amide bonds. The van der Waals surface area contributed by atoms with Crippen molar-refractivity contribution in [1.29, 1.82) is 0 Å². The SMILES string of the molecule is O=C(O)Cc1cc(-c2cccc(C(F)(F)F)c2)ccc1C(=O)Cn1cc(S(=O)(=O)N2CCCC2)ccc1=O. The summed E-state index contributed by atoms with van der Waals surface area (Å²) in [4.78, 5) is 36.9. The zero-order chi connectivity index (χ0) is 27.7. The molecule has 1 N–H and O–H groups in total. The fourth-order valence-corrected chi connectivity index (χ4v) is 5.87. The summed E-state index contributed by atoms with van der Waals surface area (Å²) >= 11 is 0. The van der Waals surface area contributed by atoms with Crippen molar-refractivity contribution < 1.29 is 36.3 Å². The fraction of sp³-hybridized carbons (Fsp3) is 0.269. The number of sulfonamides is 1. The van der Waals surface area contributed by atoms with Crippen molar-refractivity contribution in [2.75, 3.05) is 13.1 Å². The standard InChI is InChI=1S/C26H23F3N2O6S/c27-26(28,29)20-5-3-4-17(13-20)18-6-8-22(19(12-18)14-25(34)35)23(32)16-30-15-21(7-9-24(30)33)38(36,37)31-10-1-2-11-31/h3-9,12-13,15H,1-2,10-11,14,16H2,(H,34,35). The number of halogens is 3. The van der Waals surface area contributed by atoms with Crippen LogP contribution in [-0.4, -0.2) is 47.2 Å². The van der Waals surface area contributed by atoms with Gasteiger partial charge in [0.15, 0.2) is 5.78 Å². The Morgan fingerprint density at radius 1 is 0.947 bits per heavy atom. The predicted octanol–water partition coefficient (Wildman–Crippen LogP) is 3.83. The Balaban J connectivity index is 1.67. The molecule has 4 rings (SSSR count). The average Bonchev–Trinajstić information content (AvgIpc) is 3.40. The fourth-order valence-electron chi connectivity index (χ4n) is 4.33. The molecule has 200 valence electrons. The van der Waals surface area contributed by atoms with Gasteiger partial charge in [-0.2, -0.15) is 17.5 Å². The molecule has 3 aromatic rings. The lowest BCUT2D eigenvalue weighted by Gasteiger charge is -2.16. The highest BCUT2D eigenvalue weighted by Crippen LogP contribution is 2.33. The van der Waals surface area contributed by atoms with Crippen molar-refractivity contribution in [3.05, 3.63) is 87.8 Å². The summed E-state index contributed by atoms with van der Waals surface area (Å²) in [6, 6.07) is 10.7. The van der Waals surface area contributed by atoms with Crippen LogP contribution in [0.15, 0.2) is 70.5 Å². The summed E-state index contributed by atoms with van der Waals surface area (Å²) in [6.07, 6.45) is -2.63. The third kappa shape index (κ3) is 5.86. The minimum atomic E-state index is -4.57. The van der Waals surface area contributed by atoms with Gasteiger partial charge in [-0.3, -0.25) is 14.4 Å². The third-order valence-corrected chi connectivity index (χ3v) is 8.13. The number of aliphatic carboxylic acids is 1. The van der Waals surface area contributed by atoms with E-state index in [0.717, 1.165) is 41.8 Å². The lowest BCUT2D eigenvalue weighted by Crippen LogP contribution is -2.30. The second-order valence-corrected chi connectivity index (χ2v) is 10.8. The number of aromatic nitrogens is 1. The number of carbonyl (C=O) groups is 2. The maximum atomic E-state index is 13.2. The van der Waals surface area contributed by atoms with Gasteiger partial charge < -0.3 is 9.67 Å². The van der Waals surface area contributed by atoms with Gasteiger partial charge in [0.25, 0.3) is 5.56 Å². The molecule has 0 saturated carbocycles. The first-order chi connectivity index (χ1) is 17.9. The number of carboxylic acids is 1. The molecule has 1 saturated heterocycles. The number of benzene rings is 2. The Morgan fingerprint density at radius 3 is 2.29 bits per heavy atom. The Bertz CT molecular complexity index is 1560. The van der Waals surface area contributed by atoms with Gasteiger partial charge in [0.05, 0.1) is 23.4 Å². The zero-order valence-corrected chi connectivity index (χ0v) is 20.8. The number of hydrogen-bond acceptors (Lipinski definition) is 5. The van der Waals surface area contributed by atoms with Crippen molar-refractivity contribution in [1.82, 2.24) is 8.87 Å². The monoisotopic (exact) mass is 548 g/mol. The summed E-state index contributed by atoms with van der Waals surface area (Å²) in [5.41, 5.74) is -1.03. The average molecular weight is 549 g/mol. The number of Topliss-reactive ketones (excluding diaryl/α,β-unsaturated/α-hetero) is 1. The van der Waals surface area contributed by atoms with Gasteiger partial charge in [-0.25, -0.2) is 8.42 Å². The Labute approximate surface area is 216 Å². The van der Waals surface area contributed by atoms with E-state index >= 15 is 0 Å². The number of carbonyl (C=O) groups excluding carboxylic acids is 1. The molecule has 8 nitrogen and oxygen atoms in total. The van der Waals surface area contributed by atoms with Crippen molar-refractivity contribution in [2.45, 2.75) is 36.9 Å². The number of rotatable bonds is 8. The van der Waals surface area contributed by atoms with Gasteiger partial charge in [-0.15, -0.1) is 0 Å². The van der Waals surface area contributed by atoms with Crippen LogP contribution < -0.4 is 5.56 Å². The third-order valence-electron chi connectivity index (χ3n) is 6.24. The smallest absolute Gasteiger partial charge is 0.416 e. The first-order valence-corrected chi connectivity index (χ1v) is 13.1. The highest BCUT2D eigenvalue weighted by Gasteiger charge is 2.31. The lowest BCUT2D eigenvalue weighted by atomic mass is 9.94. The molecule has 0 radical (unpaired) electrons. The van der Waals surface area contributed by atoms with Crippen molar-refractivity contribution in [3.63, 3.8) is 0 Å². The van der Waals surface area contributed by atoms with E-state index in [0.29, 0.717) is 13.1 Å². The van der Waals surface area contributed by atoms with Gasteiger partial charge in [0, 0.05) is 30.9 Å². The number of pyridine rings is 1. The largest absolute Gasteiger partial charge is 0.481 e. The molecule has 0 aliphatic carbocycles. The molecule has 2 aromatic carbocycles. The Hall–Kier alpha value is -3.77. The van der Waals surface area contributed by atoms with Gasteiger partial charge in [0.1, 0.15) is 0 Å². The van der Waals surface area contributed by atoms with Crippen molar-refractivity contribution in [2.24, 2.45) is 0 Å². The predicted molar refractivity (Wildman–Crippen MR) is 131 cm³/mol. The number of alkyl halides is 3. The van der Waals surface area contributed by atoms with Crippen LogP contribution in [-0.2, 0) is 34.0 Å². The quantitative estimate of drug-likeness (QED) is 0.428. The van der Waals surface area contributed by atoms with Crippen LogP contribution in [0.1, 0.15) is 34.3 Å². The Kier molecular flexibility index (Phi) is 7.56. The normalized spacial score (nSPS) is 14.5. The minimum Gasteiger partial charge on any atom is -0.481 e. The topological polar surface area (TPSA) is 114 Å². The molecular formula is C26H23F3N2O6S. The van der Waals surface area contributed by atoms with E-state index in [4.69, 9.17) is 0 Å². The maximum absolute atomic E-state index is 13.2. The van der Waals surface area contributed by atoms with Gasteiger partial charge in [0.2, 0.25) is 10.0 Å². The molecule has 0 unspecified atom stereocenters. The lowest BCUT2D eigenvalue weighted by molar-refractivity contribution is -0.138. The summed E-state index contributed by atoms with van der Waals surface area (Å²) in [5, 5.41) is 9.36. The summed E-state index contributed by atoms with van der Waals surface area (Å²) in [5.74, 6) is -1.93. The van der Waals surface area contributed by atoms with E-state index in [9.17, 15) is 41.1 Å². The highest BCUT2D eigenvalue weighted by atomic mass is 32.2. The minimum absolute atomic E-state index is 0.0390. The molecule has 38 heavy (non-hydrogen) atoms. The second kappa shape index (κ2) is 10.5. The van der Waals surface area contributed by atoms with Crippen LogP contribution in [0.5, 0.6) is 0 Å². The van der Waals surface area contributed by atoms with Crippen molar-refractivity contribution >= 4 is 21.8 Å². The second-order valence-electron chi connectivity index (χ2n) is 8.89. The van der Waals surface area contributed by atoms with E-state index < -0.39 is 52.0 Å². The highest BCUT2D eigenvalue weighted by molar-refractivity contribution is 7.89. The molecule has 1 aromatic heterocycles. The molecule has 1 aliphatic heterocycles. The zero-order valence-electron chi connectivity index (χ0n) is 19.9. The molecular weight excluding hydrogens is 525 g/mol. The summed E-state index contributed by atoms with van der Waals surface area (Å²) < 4.78 is 67.4. The van der Waals surface area contributed by atoms with E-state index in [2.05, 4.69) is 0 Å². The first kappa shape index (κ1) is 27.3. The molecule has 0 spiro atoms. The van der Waals surface area contributed by atoms with Gasteiger partial charge >= 0.3 is 12.1 Å². The number of ketones is 1. The summed E-state index contributed by atoms with van der Waals surface area (Å²) in [6.45, 7) is 0.159. The maximum Gasteiger partial charge on any atom is 0.416 e. The molecule has 1 fully saturated rings. The van der Waals surface area contributed by atoms with Gasteiger partial charge in [-0.1, -0.05) is 24.3 Å². The van der Waals surface area contributed by atoms with E-state index in [1.165, 1.54) is 40.7 Å². The molecule has 1 aliphatic rings. The van der Waals surface area contributed by atoms with Crippen LogP contribution in [0.4, 0.5) is 13.2 Å². The van der Waals surface area contributed by atoms with Crippen LogP contribution in [0.2, 0.25) is 0 Å². The van der Waals surface area contributed by atoms with Crippen LogP contribution in [0, 0.1) is 0 Å². The molecule has 12 heteroatoms. The first-order valence-electron chi connectivity index (χ1n) is 11.6. The van der Waals surface area contributed by atoms with Crippen LogP contribution >= 0.6 is 0 Å². The van der Waals surface area contributed by atoms with Crippen molar-refractivity contribution in [3.8, 4) is 11.1 Å². The van der Waals surface area contributed by atoms with Crippen LogP contribution in [0.3, 0.4) is 0 Å². The number of hydrogen-bond donors (Lipinski definition) is 1. The molecule has 0 atom stereocenters. The molecule has 2 heterocycles. The van der Waals surface area contributed by atoms with Crippen LogP contribution in [0.25, 0.3) is 11.1 Å². The van der Waals surface area contributed by atoms with E-state index in [-0.39, 0.29) is 27.1 Å². The molecule has 0 bridgehead atoms. The van der Waals surface area contributed by atoms with E-state index in [1.807, 2.05) is 0 Å².